The minimum Gasteiger partial charge on any atom is -0.497 e. The summed E-state index contributed by atoms with van der Waals surface area (Å²) in [4.78, 5) is 26.6. The lowest BCUT2D eigenvalue weighted by Gasteiger charge is -2.31. The zero-order chi connectivity index (χ0) is 19.8. The van der Waals surface area contributed by atoms with Gasteiger partial charge in [0.15, 0.2) is 9.84 Å². The first-order valence-electron chi connectivity index (χ1n) is 8.33. The Bertz CT molecular complexity index is 1010. The van der Waals surface area contributed by atoms with Crippen LogP contribution in [0.3, 0.4) is 0 Å². The number of methoxy groups -OCH3 is 1. The molecule has 2 heterocycles. The molecule has 3 rings (SSSR count). The lowest BCUT2D eigenvalue weighted by Crippen LogP contribution is -2.49. The third kappa shape index (κ3) is 3.51. The maximum Gasteiger partial charge on any atom is 0.271 e. The van der Waals surface area contributed by atoms with E-state index in [1.807, 2.05) is 6.07 Å². The van der Waals surface area contributed by atoms with Gasteiger partial charge in [0.2, 0.25) is 0 Å². The van der Waals surface area contributed by atoms with Gasteiger partial charge in [0.1, 0.15) is 17.4 Å². The van der Waals surface area contributed by atoms with Gasteiger partial charge in [-0.25, -0.2) is 8.42 Å². The first-order chi connectivity index (χ1) is 12.8. The summed E-state index contributed by atoms with van der Waals surface area (Å²) in [6, 6.07) is 8.08. The molecule has 0 spiro atoms. The third-order valence-electron chi connectivity index (χ3n) is 4.77. The maximum atomic E-state index is 13.0. The molecule has 27 heavy (non-hydrogen) atoms. The molecule has 2 aliphatic rings. The predicted octanol–water partition coefficient (Wildman–Crippen LogP) is 1.47. The van der Waals surface area contributed by atoms with Crippen molar-refractivity contribution >= 4 is 27.7 Å². The average molecular weight is 386 g/mol. The molecule has 0 saturated carbocycles. The van der Waals surface area contributed by atoms with E-state index in [-0.39, 0.29) is 29.1 Å². The number of benzene rings is 1. The average Bonchev–Trinajstić information content (AvgIpc) is 2.99. The number of carbonyl (C=O) groups excluding carboxylic acids is 2. The first-order valence-corrected chi connectivity index (χ1v) is 10.1. The van der Waals surface area contributed by atoms with Gasteiger partial charge >= 0.3 is 0 Å². The van der Waals surface area contributed by atoms with Gasteiger partial charge in [0.25, 0.3) is 11.8 Å². The van der Waals surface area contributed by atoms with Crippen LogP contribution >= 0.6 is 0 Å². The highest BCUT2D eigenvalue weighted by Crippen LogP contribution is 2.31. The van der Waals surface area contributed by atoms with Crippen LogP contribution in [0, 0.1) is 11.3 Å². The molecule has 1 atom stereocenters. The fourth-order valence-electron chi connectivity index (χ4n) is 3.28. The number of nitrogens with zero attached hydrogens (tertiary/aromatic N) is 2. The molecule has 1 fully saturated rings. The zero-order valence-corrected chi connectivity index (χ0v) is 15.7. The van der Waals surface area contributed by atoms with Crippen LogP contribution in [0.15, 0.2) is 41.0 Å². The minimum absolute atomic E-state index is 0.0726. The highest BCUT2D eigenvalue weighted by molar-refractivity contribution is 7.91. The molecule has 1 aromatic carbocycles. The van der Waals surface area contributed by atoms with Crippen molar-refractivity contribution in [1.82, 2.24) is 4.90 Å². The Hall–Kier alpha value is -2.92. The van der Waals surface area contributed by atoms with Crippen molar-refractivity contribution in [3.8, 4) is 11.8 Å². The second-order valence-corrected chi connectivity index (χ2v) is 8.71. The van der Waals surface area contributed by atoms with Gasteiger partial charge in [-0.2, -0.15) is 5.26 Å². The molecule has 1 saturated heterocycles. The summed E-state index contributed by atoms with van der Waals surface area (Å²) < 4.78 is 28.7. The first kappa shape index (κ1) is 18.9. The van der Waals surface area contributed by atoms with Crippen molar-refractivity contribution in [2.45, 2.75) is 19.4 Å². The fraction of sp³-hybridized carbons (Fsp3) is 0.316. The molecule has 8 heteroatoms. The summed E-state index contributed by atoms with van der Waals surface area (Å²) >= 11 is 0. The number of amides is 2. The van der Waals surface area contributed by atoms with E-state index in [0.717, 1.165) is 4.90 Å². The van der Waals surface area contributed by atoms with Gasteiger partial charge in [0.05, 0.1) is 24.7 Å². The third-order valence-corrected chi connectivity index (χ3v) is 6.52. The molecular weight excluding hydrogens is 368 g/mol. The normalized spacial score (nSPS) is 23.7. The van der Waals surface area contributed by atoms with E-state index in [1.54, 1.807) is 44.4 Å². The van der Waals surface area contributed by atoms with E-state index >= 15 is 0 Å². The molecule has 0 radical (unpaired) electrons. The highest BCUT2D eigenvalue weighted by atomic mass is 32.2. The number of hydrogen-bond acceptors (Lipinski definition) is 6. The van der Waals surface area contributed by atoms with Crippen LogP contribution in [0.25, 0.3) is 6.08 Å². The minimum atomic E-state index is -3.29. The Balaban J connectivity index is 2.05. The van der Waals surface area contributed by atoms with E-state index in [1.165, 1.54) is 0 Å². The van der Waals surface area contributed by atoms with Gasteiger partial charge in [-0.05, 0) is 42.7 Å². The van der Waals surface area contributed by atoms with Crippen LogP contribution in [0.5, 0.6) is 5.75 Å². The van der Waals surface area contributed by atoms with Crippen LogP contribution < -0.4 is 4.74 Å². The Morgan fingerprint density at radius 3 is 2.41 bits per heavy atom. The number of ether oxygens (including phenoxy) is 1. The van der Waals surface area contributed by atoms with E-state index in [9.17, 15) is 23.3 Å². The molecule has 2 amide bonds. The van der Waals surface area contributed by atoms with E-state index < -0.39 is 27.7 Å². The molecule has 1 aromatic rings. The van der Waals surface area contributed by atoms with Crippen molar-refractivity contribution in [2.75, 3.05) is 18.6 Å². The predicted molar refractivity (Wildman–Crippen MR) is 98.2 cm³/mol. The van der Waals surface area contributed by atoms with Gasteiger partial charge in [-0.1, -0.05) is 12.1 Å². The molecule has 7 nitrogen and oxygen atoms in total. The SMILES string of the molecule is COc1ccc(/C=C2\C(=O)N(C3CCS(=O)(=O)C3)C(=O)C(C#N)=C2C)cc1. The molecule has 0 N–H and O–H groups in total. The number of hydrogen-bond donors (Lipinski definition) is 0. The number of nitriles is 1. The van der Waals surface area contributed by atoms with Gasteiger partial charge < -0.3 is 4.74 Å². The fourth-order valence-corrected chi connectivity index (χ4v) is 4.98. The summed E-state index contributed by atoms with van der Waals surface area (Å²) in [5.74, 6) is -0.983. The van der Waals surface area contributed by atoms with E-state index in [2.05, 4.69) is 0 Å². The van der Waals surface area contributed by atoms with Crippen molar-refractivity contribution in [1.29, 1.82) is 5.26 Å². The summed E-state index contributed by atoms with van der Waals surface area (Å²) in [5.41, 5.74) is 1.06. The Morgan fingerprint density at radius 2 is 1.89 bits per heavy atom. The highest BCUT2D eigenvalue weighted by Gasteiger charge is 2.43. The lowest BCUT2D eigenvalue weighted by atomic mass is 9.92. The van der Waals surface area contributed by atoms with Crippen molar-refractivity contribution in [2.24, 2.45) is 0 Å². The van der Waals surface area contributed by atoms with Crippen LogP contribution in [-0.2, 0) is 19.4 Å². The Labute approximate surface area is 157 Å². The molecule has 1 unspecified atom stereocenters. The Morgan fingerprint density at radius 1 is 1.22 bits per heavy atom. The van der Waals surface area contributed by atoms with Crippen LogP contribution in [-0.4, -0.2) is 49.8 Å². The van der Waals surface area contributed by atoms with Crippen LogP contribution in [0.4, 0.5) is 0 Å². The number of sulfone groups is 1. The zero-order valence-electron chi connectivity index (χ0n) is 14.9. The van der Waals surface area contributed by atoms with Crippen molar-refractivity contribution in [3.05, 3.63) is 46.5 Å². The van der Waals surface area contributed by atoms with Gasteiger partial charge in [-0.3, -0.25) is 14.5 Å². The molecule has 140 valence electrons. The molecule has 0 aromatic heterocycles. The maximum absolute atomic E-state index is 13.0. The quantitative estimate of drug-likeness (QED) is 0.576. The van der Waals surface area contributed by atoms with E-state index in [0.29, 0.717) is 16.9 Å². The van der Waals surface area contributed by atoms with Crippen LogP contribution in [0.1, 0.15) is 18.9 Å². The largest absolute Gasteiger partial charge is 0.497 e. The summed E-state index contributed by atoms with van der Waals surface area (Å²) in [6.07, 6.45) is 1.78. The molecular formula is C19H18N2O5S. The number of carbonyl (C=O) groups is 2. The van der Waals surface area contributed by atoms with Crippen LogP contribution in [0.2, 0.25) is 0 Å². The van der Waals surface area contributed by atoms with Gasteiger partial charge in [0, 0.05) is 5.57 Å². The molecule has 0 aliphatic carbocycles. The Kier molecular flexibility index (Phi) is 4.89. The smallest absolute Gasteiger partial charge is 0.271 e. The second kappa shape index (κ2) is 7.00. The number of rotatable bonds is 3. The van der Waals surface area contributed by atoms with E-state index in [4.69, 9.17) is 4.74 Å². The standard InChI is InChI=1S/C19H18N2O5S/c1-12-16(9-13-3-5-15(26-2)6-4-13)18(22)21(19(23)17(12)10-20)14-7-8-27(24,25)11-14/h3-6,9,14H,7-8,11H2,1-2H3/b16-9-. The van der Waals surface area contributed by atoms with Crippen molar-refractivity contribution in [3.63, 3.8) is 0 Å². The molecule has 2 aliphatic heterocycles. The topological polar surface area (TPSA) is 105 Å². The summed E-state index contributed by atoms with van der Waals surface area (Å²) in [7, 11) is -1.75. The monoisotopic (exact) mass is 386 g/mol. The second-order valence-electron chi connectivity index (χ2n) is 6.48. The van der Waals surface area contributed by atoms with Crippen molar-refractivity contribution < 1.29 is 22.7 Å². The van der Waals surface area contributed by atoms with Gasteiger partial charge in [-0.15, -0.1) is 0 Å². The molecule has 0 bridgehead atoms. The lowest BCUT2D eigenvalue weighted by molar-refractivity contribution is -0.142. The number of imide groups is 1. The summed E-state index contributed by atoms with van der Waals surface area (Å²) in [6.45, 7) is 1.55. The summed E-state index contributed by atoms with van der Waals surface area (Å²) in [5, 5.41) is 9.40.